The number of imidazole rings is 1. The van der Waals surface area contributed by atoms with Crippen LogP contribution < -0.4 is 0 Å². The lowest BCUT2D eigenvalue weighted by Gasteiger charge is -2.33. The smallest absolute Gasteiger partial charge is 0.0956 e. The Morgan fingerprint density at radius 2 is 1.79 bits per heavy atom. The highest BCUT2D eigenvalue weighted by Crippen LogP contribution is 2.46. The topological polar surface area (TPSA) is 38.1 Å². The van der Waals surface area contributed by atoms with Crippen molar-refractivity contribution in [3.8, 4) is 11.3 Å². The van der Waals surface area contributed by atoms with E-state index in [4.69, 9.17) is 0 Å². The Balaban J connectivity index is 0.00000100. The summed E-state index contributed by atoms with van der Waals surface area (Å²) in [6.07, 6.45) is 4.55. The average Bonchev–Trinajstić information content (AvgIpc) is 3.14. The van der Waals surface area contributed by atoms with Crippen LogP contribution in [0.4, 0.5) is 0 Å². The molecule has 1 aliphatic rings. The van der Waals surface area contributed by atoms with Crippen molar-refractivity contribution in [2.24, 2.45) is 17.8 Å². The summed E-state index contributed by atoms with van der Waals surface area (Å²) in [5.74, 6) is 1.01. The van der Waals surface area contributed by atoms with Gasteiger partial charge in [-0.1, -0.05) is 65.8 Å². The molecule has 0 bridgehead atoms. The molecule has 0 amide bonds. The minimum Gasteiger partial charge on any atom is -0.392 e. The molecule has 2 heterocycles. The number of benzene rings is 1. The number of fused-ring (bicyclic) bond motifs is 3. The van der Waals surface area contributed by atoms with Gasteiger partial charge in [0.1, 0.15) is 0 Å². The molecule has 2 aromatic rings. The van der Waals surface area contributed by atoms with E-state index >= 15 is 0 Å². The van der Waals surface area contributed by atoms with Crippen LogP contribution in [0, 0.1) is 17.8 Å². The zero-order chi connectivity index (χ0) is 17.9. The lowest BCUT2D eigenvalue weighted by molar-refractivity contribution is 0.0364. The summed E-state index contributed by atoms with van der Waals surface area (Å²) in [6.45, 7) is 12.7. The Labute approximate surface area is 146 Å². The Hall–Kier alpha value is -1.61. The summed E-state index contributed by atoms with van der Waals surface area (Å²) in [5, 5.41) is 10.9. The van der Waals surface area contributed by atoms with Gasteiger partial charge in [-0.05, 0) is 23.8 Å². The Bertz CT molecular complexity index is 645. The normalized spacial score (nSPS) is 18.0. The summed E-state index contributed by atoms with van der Waals surface area (Å²) < 4.78 is 2.25. The molecule has 3 heteroatoms. The molecule has 0 fully saturated rings. The van der Waals surface area contributed by atoms with Crippen molar-refractivity contribution in [3.05, 3.63) is 42.4 Å². The SMILES string of the molecule is CC.CC(C)C[C@H](C(O)C(C)C)[C@H]1c2ccccc2-c2cncn21. The van der Waals surface area contributed by atoms with Crippen molar-refractivity contribution in [2.75, 3.05) is 0 Å². The molecular formula is C21H32N2O. The van der Waals surface area contributed by atoms with Gasteiger partial charge in [-0.15, -0.1) is 0 Å². The van der Waals surface area contributed by atoms with Gasteiger partial charge in [-0.25, -0.2) is 4.98 Å². The van der Waals surface area contributed by atoms with E-state index in [-0.39, 0.29) is 24.0 Å². The number of hydrogen-bond acceptors (Lipinski definition) is 2. The molecule has 1 N–H and O–H groups in total. The van der Waals surface area contributed by atoms with Crippen LogP contribution in [-0.4, -0.2) is 20.8 Å². The highest BCUT2D eigenvalue weighted by atomic mass is 16.3. The van der Waals surface area contributed by atoms with Crippen LogP contribution in [0.5, 0.6) is 0 Å². The first-order chi connectivity index (χ1) is 11.5. The van der Waals surface area contributed by atoms with Crippen LogP contribution in [0.3, 0.4) is 0 Å². The van der Waals surface area contributed by atoms with E-state index in [2.05, 4.69) is 61.5 Å². The summed E-state index contributed by atoms with van der Waals surface area (Å²) in [6, 6.07) is 8.73. The fourth-order valence-corrected chi connectivity index (χ4v) is 3.80. The van der Waals surface area contributed by atoms with E-state index in [9.17, 15) is 5.11 Å². The molecule has 1 unspecified atom stereocenters. The molecule has 24 heavy (non-hydrogen) atoms. The summed E-state index contributed by atoms with van der Waals surface area (Å²) in [4.78, 5) is 4.34. The highest BCUT2D eigenvalue weighted by molar-refractivity contribution is 5.69. The monoisotopic (exact) mass is 328 g/mol. The van der Waals surface area contributed by atoms with E-state index < -0.39 is 0 Å². The van der Waals surface area contributed by atoms with E-state index in [1.807, 2.05) is 26.4 Å². The van der Waals surface area contributed by atoms with Gasteiger partial charge in [0.05, 0.1) is 30.4 Å². The van der Waals surface area contributed by atoms with E-state index in [0.717, 1.165) is 6.42 Å². The van der Waals surface area contributed by atoms with Crippen LogP contribution in [-0.2, 0) is 0 Å². The number of aliphatic hydroxyl groups excluding tert-OH is 1. The first-order valence-electron chi connectivity index (χ1n) is 9.30. The molecule has 3 nitrogen and oxygen atoms in total. The predicted molar refractivity (Wildman–Crippen MR) is 101 cm³/mol. The molecule has 1 aromatic heterocycles. The maximum atomic E-state index is 10.9. The van der Waals surface area contributed by atoms with Crippen LogP contribution >= 0.6 is 0 Å². The van der Waals surface area contributed by atoms with Crippen molar-refractivity contribution >= 4 is 0 Å². The van der Waals surface area contributed by atoms with Crippen LogP contribution in [0.1, 0.15) is 59.6 Å². The second kappa shape index (κ2) is 7.98. The van der Waals surface area contributed by atoms with E-state index in [1.54, 1.807) is 0 Å². The van der Waals surface area contributed by atoms with Gasteiger partial charge in [-0.3, -0.25) is 0 Å². The zero-order valence-electron chi connectivity index (χ0n) is 15.9. The van der Waals surface area contributed by atoms with Crippen molar-refractivity contribution in [1.29, 1.82) is 0 Å². The first kappa shape index (κ1) is 18.7. The molecule has 0 radical (unpaired) electrons. The number of aliphatic hydroxyl groups is 1. The quantitative estimate of drug-likeness (QED) is 0.823. The maximum Gasteiger partial charge on any atom is 0.0956 e. The highest BCUT2D eigenvalue weighted by Gasteiger charge is 2.38. The maximum absolute atomic E-state index is 10.9. The molecule has 3 atom stereocenters. The van der Waals surface area contributed by atoms with Crippen molar-refractivity contribution in [1.82, 2.24) is 9.55 Å². The molecule has 0 saturated heterocycles. The van der Waals surface area contributed by atoms with Gasteiger partial charge in [0.15, 0.2) is 0 Å². The summed E-state index contributed by atoms with van der Waals surface area (Å²) >= 11 is 0. The fourth-order valence-electron chi connectivity index (χ4n) is 3.80. The number of aromatic nitrogens is 2. The first-order valence-corrected chi connectivity index (χ1v) is 9.30. The van der Waals surface area contributed by atoms with Gasteiger partial charge in [0.25, 0.3) is 0 Å². The molecule has 132 valence electrons. The molecule has 1 aliphatic heterocycles. The van der Waals surface area contributed by atoms with Gasteiger partial charge < -0.3 is 9.67 Å². The zero-order valence-corrected chi connectivity index (χ0v) is 15.9. The van der Waals surface area contributed by atoms with Gasteiger partial charge >= 0.3 is 0 Å². The third-order valence-electron chi connectivity index (χ3n) is 4.79. The molecule has 0 aliphatic carbocycles. The lowest BCUT2D eigenvalue weighted by atomic mass is 9.79. The molecule has 1 aromatic carbocycles. The van der Waals surface area contributed by atoms with Gasteiger partial charge in [-0.2, -0.15) is 0 Å². The third-order valence-corrected chi connectivity index (χ3v) is 4.79. The van der Waals surface area contributed by atoms with Gasteiger partial charge in [0.2, 0.25) is 0 Å². The van der Waals surface area contributed by atoms with Crippen molar-refractivity contribution < 1.29 is 5.11 Å². The fraction of sp³-hybridized carbons (Fsp3) is 0.571. The second-order valence-electron chi connectivity index (χ2n) is 7.25. The summed E-state index contributed by atoms with van der Waals surface area (Å²) in [5.41, 5.74) is 3.75. The average molecular weight is 329 g/mol. The minimum absolute atomic E-state index is 0.188. The molecule has 0 spiro atoms. The van der Waals surface area contributed by atoms with Crippen molar-refractivity contribution in [2.45, 2.75) is 60.1 Å². The van der Waals surface area contributed by atoms with E-state index in [0.29, 0.717) is 5.92 Å². The lowest BCUT2D eigenvalue weighted by Crippen LogP contribution is -2.34. The van der Waals surface area contributed by atoms with Crippen molar-refractivity contribution in [3.63, 3.8) is 0 Å². The second-order valence-corrected chi connectivity index (χ2v) is 7.25. The van der Waals surface area contributed by atoms with Crippen LogP contribution in [0.2, 0.25) is 0 Å². The third kappa shape index (κ3) is 3.41. The summed E-state index contributed by atoms with van der Waals surface area (Å²) in [7, 11) is 0. The number of rotatable bonds is 5. The minimum atomic E-state index is -0.311. The Morgan fingerprint density at radius 3 is 2.42 bits per heavy atom. The van der Waals surface area contributed by atoms with Crippen LogP contribution in [0.25, 0.3) is 11.3 Å². The molecule has 3 rings (SSSR count). The largest absolute Gasteiger partial charge is 0.392 e. The van der Waals surface area contributed by atoms with Gasteiger partial charge in [0, 0.05) is 11.5 Å². The Kier molecular flexibility index (Phi) is 6.22. The standard InChI is InChI=1S/C19H26N2O.C2H6/c1-12(2)9-16(19(22)13(3)4)18-15-8-6-5-7-14(15)17-10-20-11-21(17)18;1-2/h5-8,10-13,16,18-19,22H,9H2,1-4H3;1-2H3/t16-,18+,19?;/m0./s1. The molecular weight excluding hydrogens is 296 g/mol. The predicted octanol–water partition coefficient (Wildman–Crippen LogP) is 5.16. The van der Waals surface area contributed by atoms with E-state index in [1.165, 1.54) is 16.8 Å². The number of nitrogens with zero attached hydrogens (tertiary/aromatic N) is 2. The molecule has 0 saturated carbocycles. The Morgan fingerprint density at radius 1 is 1.12 bits per heavy atom. The number of hydrogen-bond donors (Lipinski definition) is 1. The van der Waals surface area contributed by atoms with Crippen LogP contribution in [0.15, 0.2) is 36.8 Å².